The summed E-state index contributed by atoms with van der Waals surface area (Å²) in [4.78, 5) is 9.79. The second kappa shape index (κ2) is 3.18. The van der Waals surface area contributed by atoms with Crippen molar-refractivity contribution in [3.05, 3.63) is 27.8 Å². The van der Waals surface area contributed by atoms with Crippen LogP contribution in [0.5, 0.6) is 5.75 Å². The standard InChI is InChI=1S/C7H6N3O3/c1-4-2-7(11)5(9-8)3-6(4)10(12)13/h2-3,11H,1H3. The highest BCUT2D eigenvalue weighted by Gasteiger charge is 2.14. The van der Waals surface area contributed by atoms with Crippen LogP contribution in [-0.4, -0.2) is 10.0 Å². The van der Waals surface area contributed by atoms with Crippen molar-refractivity contribution in [1.29, 1.82) is 0 Å². The molecule has 0 unspecified atom stereocenters. The monoisotopic (exact) mass is 180 g/mol. The molecule has 1 aromatic rings. The average Bonchev–Trinajstić information content (AvgIpc) is 2.03. The molecule has 67 valence electrons. The quantitative estimate of drug-likeness (QED) is 0.424. The highest BCUT2D eigenvalue weighted by molar-refractivity contribution is 5.59. The van der Waals surface area contributed by atoms with Gasteiger partial charge in [0.25, 0.3) is 5.69 Å². The van der Waals surface area contributed by atoms with Crippen LogP contribution in [0.25, 0.3) is 0 Å². The van der Waals surface area contributed by atoms with Gasteiger partial charge in [0.05, 0.1) is 4.92 Å². The van der Waals surface area contributed by atoms with Gasteiger partial charge in [-0.2, -0.15) is 0 Å². The van der Waals surface area contributed by atoms with Crippen molar-refractivity contribution >= 4 is 11.4 Å². The summed E-state index contributed by atoms with van der Waals surface area (Å²) >= 11 is 0. The van der Waals surface area contributed by atoms with E-state index in [-0.39, 0.29) is 17.1 Å². The maximum Gasteiger partial charge on any atom is 0.274 e. The number of rotatable bonds is 2. The maximum atomic E-state index is 10.4. The number of nitro benzene ring substituents is 1. The second-order valence-corrected chi connectivity index (χ2v) is 2.48. The van der Waals surface area contributed by atoms with Gasteiger partial charge in [-0.25, -0.2) is 0 Å². The van der Waals surface area contributed by atoms with E-state index in [2.05, 4.69) is 5.11 Å². The predicted octanol–water partition coefficient (Wildman–Crippen LogP) is 1.49. The molecule has 1 aromatic carbocycles. The summed E-state index contributed by atoms with van der Waals surface area (Å²) in [5.41, 5.74) is 8.27. The van der Waals surface area contributed by atoms with Crippen molar-refractivity contribution in [2.75, 3.05) is 0 Å². The molecule has 0 saturated heterocycles. The molecule has 0 amide bonds. The zero-order chi connectivity index (χ0) is 10.0. The van der Waals surface area contributed by atoms with E-state index in [0.29, 0.717) is 5.56 Å². The molecule has 0 heterocycles. The first-order valence-corrected chi connectivity index (χ1v) is 3.39. The second-order valence-electron chi connectivity index (χ2n) is 2.48. The van der Waals surface area contributed by atoms with Crippen LogP contribution in [0.3, 0.4) is 0 Å². The number of hydrogen-bond donors (Lipinski definition) is 1. The topological polar surface area (TPSA) is 98.0 Å². The van der Waals surface area contributed by atoms with E-state index in [9.17, 15) is 10.1 Å². The van der Waals surface area contributed by atoms with E-state index in [0.717, 1.165) is 6.07 Å². The van der Waals surface area contributed by atoms with Gasteiger partial charge in [0.15, 0.2) is 0 Å². The van der Waals surface area contributed by atoms with Crippen LogP contribution in [0.2, 0.25) is 0 Å². The Morgan fingerprint density at radius 2 is 2.23 bits per heavy atom. The fourth-order valence-corrected chi connectivity index (χ4v) is 0.947. The minimum absolute atomic E-state index is 0.189. The first kappa shape index (κ1) is 9.11. The van der Waals surface area contributed by atoms with E-state index in [1.807, 2.05) is 0 Å². The third-order valence-electron chi connectivity index (χ3n) is 1.60. The molecule has 1 N–H and O–H groups in total. The van der Waals surface area contributed by atoms with Gasteiger partial charge in [-0.15, -0.1) is 5.11 Å². The lowest BCUT2D eigenvalue weighted by atomic mass is 10.1. The van der Waals surface area contributed by atoms with Crippen LogP contribution in [0.4, 0.5) is 11.4 Å². The first-order valence-electron chi connectivity index (χ1n) is 3.39. The molecule has 0 aliphatic heterocycles. The maximum absolute atomic E-state index is 10.4. The number of aryl methyl sites for hydroxylation is 1. The summed E-state index contributed by atoms with van der Waals surface area (Å²) in [7, 11) is 0. The SMILES string of the molecule is Cc1cc(O)c(N=[N])cc1[N+](=O)[O-]. The number of hydrogen-bond acceptors (Lipinski definition) is 4. The van der Waals surface area contributed by atoms with Gasteiger partial charge in [-0.3, -0.25) is 10.1 Å². The number of nitro groups is 1. The van der Waals surface area contributed by atoms with Crippen LogP contribution < -0.4 is 5.53 Å². The average molecular weight is 180 g/mol. The Morgan fingerprint density at radius 1 is 1.62 bits per heavy atom. The summed E-state index contributed by atoms with van der Waals surface area (Å²) < 4.78 is 0. The highest BCUT2D eigenvalue weighted by atomic mass is 16.6. The molecule has 0 aliphatic rings. The zero-order valence-electron chi connectivity index (χ0n) is 6.76. The first-order chi connectivity index (χ1) is 6.06. The molecule has 0 atom stereocenters. The van der Waals surface area contributed by atoms with Crippen molar-refractivity contribution in [2.24, 2.45) is 5.11 Å². The van der Waals surface area contributed by atoms with E-state index < -0.39 is 4.92 Å². The van der Waals surface area contributed by atoms with E-state index in [4.69, 9.17) is 10.6 Å². The molecule has 0 fully saturated rings. The molecule has 1 radical (unpaired) electrons. The molecule has 0 bridgehead atoms. The minimum Gasteiger partial charge on any atom is -0.506 e. The Balaban J connectivity index is 3.38. The van der Waals surface area contributed by atoms with Gasteiger partial charge >= 0.3 is 0 Å². The Hall–Kier alpha value is -1.98. The lowest BCUT2D eigenvalue weighted by molar-refractivity contribution is -0.385. The Kier molecular flexibility index (Phi) is 2.23. The van der Waals surface area contributed by atoms with Gasteiger partial charge in [0.2, 0.25) is 0 Å². The molecule has 0 saturated carbocycles. The van der Waals surface area contributed by atoms with Crippen LogP contribution >= 0.6 is 0 Å². The number of phenols is 1. The van der Waals surface area contributed by atoms with Gasteiger partial charge in [-0.1, -0.05) is 0 Å². The van der Waals surface area contributed by atoms with Crippen molar-refractivity contribution < 1.29 is 10.0 Å². The summed E-state index contributed by atoms with van der Waals surface area (Å²) in [5.74, 6) is -0.286. The zero-order valence-corrected chi connectivity index (χ0v) is 6.76. The smallest absolute Gasteiger partial charge is 0.274 e. The number of aromatic hydroxyl groups is 1. The van der Waals surface area contributed by atoms with E-state index >= 15 is 0 Å². The van der Waals surface area contributed by atoms with Crippen molar-refractivity contribution in [2.45, 2.75) is 6.92 Å². The molecule has 0 aromatic heterocycles. The highest BCUT2D eigenvalue weighted by Crippen LogP contribution is 2.32. The van der Waals surface area contributed by atoms with Crippen LogP contribution in [-0.2, 0) is 0 Å². The number of phenolic OH excluding ortho intramolecular Hbond substituents is 1. The van der Waals surface area contributed by atoms with Gasteiger partial charge in [0.1, 0.15) is 11.4 Å². The molecule has 6 heteroatoms. The third kappa shape index (κ3) is 1.61. The molecule has 6 nitrogen and oxygen atoms in total. The molecule has 0 spiro atoms. The Bertz CT molecular complexity index is 375. The molecule has 0 aliphatic carbocycles. The molecule has 13 heavy (non-hydrogen) atoms. The minimum atomic E-state index is -0.608. The predicted molar refractivity (Wildman–Crippen MR) is 43.7 cm³/mol. The van der Waals surface area contributed by atoms with Crippen molar-refractivity contribution in [3.63, 3.8) is 0 Å². The fraction of sp³-hybridized carbons (Fsp3) is 0.143. The van der Waals surface area contributed by atoms with Crippen molar-refractivity contribution in [3.8, 4) is 5.75 Å². The van der Waals surface area contributed by atoms with E-state index in [1.54, 1.807) is 0 Å². The summed E-state index contributed by atoms with van der Waals surface area (Å²) in [6.45, 7) is 1.49. The van der Waals surface area contributed by atoms with Gasteiger partial charge in [0, 0.05) is 11.6 Å². The third-order valence-corrected chi connectivity index (χ3v) is 1.60. The normalized spacial score (nSPS) is 9.62. The lowest BCUT2D eigenvalue weighted by Crippen LogP contribution is -1.90. The molecule has 1 rings (SSSR count). The van der Waals surface area contributed by atoms with Gasteiger partial charge < -0.3 is 5.11 Å². The summed E-state index contributed by atoms with van der Waals surface area (Å²) in [6.07, 6.45) is 0. The number of nitrogens with zero attached hydrogens (tertiary/aromatic N) is 3. The molecular weight excluding hydrogens is 174 g/mol. The van der Waals surface area contributed by atoms with Crippen LogP contribution in [0.15, 0.2) is 17.2 Å². The molecular formula is C7H6N3O3. The van der Waals surface area contributed by atoms with Gasteiger partial charge in [-0.05, 0) is 18.5 Å². The van der Waals surface area contributed by atoms with Crippen LogP contribution in [0, 0.1) is 17.0 Å². The largest absolute Gasteiger partial charge is 0.506 e. The Labute approximate surface area is 73.5 Å². The van der Waals surface area contributed by atoms with Crippen molar-refractivity contribution in [1.82, 2.24) is 5.53 Å². The Morgan fingerprint density at radius 3 is 2.69 bits per heavy atom. The summed E-state index contributed by atoms with van der Waals surface area (Å²) in [6, 6.07) is 2.18. The number of benzene rings is 1. The van der Waals surface area contributed by atoms with Crippen LogP contribution in [0.1, 0.15) is 5.56 Å². The lowest BCUT2D eigenvalue weighted by Gasteiger charge is -1.99. The summed E-state index contributed by atoms with van der Waals surface area (Å²) in [5, 5.41) is 22.2. The van der Waals surface area contributed by atoms with E-state index in [1.165, 1.54) is 13.0 Å². The fourth-order valence-electron chi connectivity index (χ4n) is 0.947.